The summed E-state index contributed by atoms with van der Waals surface area (Å²) in [6.07, 6.45) is 3.96. The molecule has 30 heavy (non-hydrogen) atoms. The summed E-state index contributed by atoms with van der Waals surface area (Å²) >= 11 is 3.15. The second kappa shape index (κ2) is 9.12. The average molecular weight is 440 g/mol. The maximum absolute atomic E-state index is 12.7. The molecule has 0 spiro atoms. The fourth-order valence-corrected chi connectivity index (χ4v) is 6.02. The number of nitrogens with two attached hydrogens (primary N) is 1. The molecule has 2 aromatic heterocycles. The Labute approximate surface area is 184 Å². The number of thiophene rings is 2. The standard InChI is InChI=1S/C23H25N3O2S2/c1-14-8-10-15(11-9-14)21(18-7-4-12-29-18)25-13-19(27)26-23-20(22(24)28)16-5-2-3-6-17(16)30-23/h4,7-12,21,25H,2-3,5-6,13H2,1H3,(H2,24,28)(H,26,27). The van der Waals surface area contributed by atoms with Crippen molar-refractivity contribution in [1.29, 1.82) is 0 Å². The highest BCUT2D eigenvalue weighted by Crippen LogP contribution is 2.37. The third-order valence-electron chi connectivity index (χ3n) is 5.38. The van der Waals surface area contributed by atoms with Crippen LogP contribution in [0, 0.1) is 6.92 Å². The summed E-state index contributed by atoms with van der Waals surface area (Å²) in [5, 5.41) is 8.93. The number of carbonyl (C=O) groups excluding carboxylic acids is 2. The zero-order chi connectivity index (χ0) is 21.1. The molecule has 1 atom stereocenters. The molecule has 4 rings (SSSR count). The molecule has 5 nitrogen and oxygen atoms in total. The molecule has 7 heteroatoms. The van der Waals surface area contributed by atoms with Crippen LogP contribution in [0.15, 0.2) is 41.8 Å². The zero-order valence-electron chi connectivity index (χ0n) is 16.9. The minimum atomic E-state index is -0.464. The molecule has 0 fully saturated rings. The van der Waals surface area contributed by atoms with Crippen LogP contribution in [0.5, 0.6) is 0 Å². The van der Waals surface area contributed by atoms with Crippen LogP contribution in [0.4, 0.5) is 5.00 Å². The third-order valence-corrected chi connectivity index (χ3v) is 7.52. The van der Waals surface area contributed by atoms with Gasteiger partial charge < -0.3 is 11.1 Å². The highest BCUT2D eigenvalue weighted by atomic mass is 32.1. The number of aryl methyl sites for hydroxylation is 2. The molecule has 156 valence electrons. The quantitative estimate of drug-likeness (QED) is 0.510. The Morgan fingerprint density at radius 2 is 1.90 bits per heavy atom. The Kier molecular flexibility index (Phi) is 6.32. The lowest BCUT2D eigenvalue weighted by atomic mass is 9.95. The number of rotatable bonds is 7. The maximum Gasteiger partial charge on any atom is 0.251 e. The van der Waals surface area contributed by atoms with Gasteiger partial charge in [0, 0.05) is 9.75 Å². The van der Waals surface area contributed by atoms with Gasteiger partial charge in [-0.1, -0.05) is 35.9 Å². The molecule has 1 aromatic carbocycles. The molecular weight excluding hydrogens is 414 g/mol. The van der Waals surface area contributed by atoms with Gasteiger partial charge in [-0.2, -0.15) is 0 Å². The van der Waals surface area contributed by atoms with E-state index >= 15 is 0 Å². The van der Waals surface area contributed by atoms with Gasteiger partial charge in [-0.05, 0) is 55.2 Å². The number of primary amides is 1. The molecule has 0 saturated heterocycles. The van der Waals surface area contributed by atoms with E-state index in [9.17, 15) is 9.59 Å². The van der Waals surface area contributed by atoms with E-state index in [2.05, 4.69) is 47.9 Å². The number of hydrogen-bond acceptors (Lipinski definition) is 5. The fraction of sp³-hybridized carbons (Fsp3) is 0.304. The smallest absolute Gasteiger partial charge is 0.251 e. The summed E-state index contributed by atoms with van der Waals surface area (Å²) in [4.78, 5) is 27.1. The van der Waals surface area contributed by atoms with E-state index in [-0.39, 0.29) is 18.5 Å². The number of anilines is 1. The molecule has 0 bridgehead atoms. The second-order valence-electron chi connectivity index (χ2n) is 7.57. The number of carbonyl (C=O) groups is 2. The topological polar surface area (TPSA) is 84.2 Å². The van der Waals surface area contributed by atoms with E-state index in [1.807, 2.05) is 11.4 Å². The largest absolute Gasteiger partial charge is 0.365 e. The van der Waals surface area contributed by atoms with Crippen molar-refractivity contribution in [3.8, 4) is 0 Å². The van der Waals surface area contributed by atoms with Crippen molar-refractivity contribution < 1.29 is 9.59 Å². The first-order valence-electron chi connectivity index (χ1n) is 10.1. The van der Waals surface area contributed by atoms with E-state index in [0.29, 0.717) is 10.6 Å². The van der Waals surface area contributed by atoms with Crippen molar-refractivity contribution in [2.45, 2.75) is 38.6 Å². The normalized spacial score (nSPS) is 14.2. The van der Waals surface area contributed by atoms with Crippen LogP contribution in [0.1, 0.15) is 55.7 Å². The van der Waals surface area contributed by atoms with Crippen molar-refractivity contribution in [3.05, 3.63) is 73.8 Å². The van der Waals surface area contributed by atoms with E-state index in [1.165, 1.54) is 21.8 Å². The SMILES string of the molecule is Cc1ccc(C(NCC(=O)Nc2sc3c(c2C(N)=O)CCCC3)c2cccs2)cc1. The molecule has 3 aromatic rings. The lowest BCUT2D eigenvalue weighted by molar-refractivity contribution is -0.115. The van der Waals surface area contributed by atoms with Crippen LogP contribution >= 0.6 is 22.7 Å². The van der Waals surface area contributed by atoms with Crippen LogP contribution in [-0.4, -0.2) is 18.4 Å². The number of hydrogen-bond donors (Lipinski definition) is 3. The first kappa shape index (κ1) is 20.8. The highest BCUT2D eigenvalue weighted by Gasteiger charge is 2.25. The fourth-order valence-electron chi connectivity index (χ4n) is 3.88. The Bertz CT molecular complexity index is 1040. The van der Waals surface area contributed by atoms with Gasteiger partial charge in [0.15, 0.2) is 0 Å². The van der Waals surface area contributed by atoms with Gasteiger partial charge in [0.2, 0.25) is 5.91 Å². The van der Waals surface area contributed by atoms with Crippen molar-refractivity contribution in [1.82, 2.24) is 5.32 Å². The van der Waals surface area contributed by atoms with Crippen molar-refractivity contribution in [2.24, 2.45) is 5.73 Å². The predicted octanol–water partition coefficient (Wildman–Crippen LogP) is 4.41. The van der Waals surface area contributed by atoms with E-state index in [0.717, 1.165) is 41.7 Å². The number of benzene rings is 1. The van der Waals surface area contributed by atoms with Crippen LogP contribution in [0.25, 0.3) is 0 Å². The van der Waals surface area contributed by atoms with Gasteiger partial charge in [0.25, 0.3) is 5.91 Å². The van der Waals surface area contributed by atoms with Gasteiger partial charge >= 0.3 is 0 Å². The summed E-state index contributed by atoms with van der Waals surface area (Å²) in [5.74, 6) is -0.640. The summed E-state index contributed by atoms with van der Waals surface area (Å²) < 4.78 is 0. The maximum atomic E-state index is 12.7. The minimum absolute atomic E-state index is 0.0662. The molecule has 0 aliphatic heterocycles. The third kappa shape index (κ3) is 4.48. The summed E-state index contributed by atoms with van der Waals surface area (Å²) in [5.41, 5.74) is 9.47. The lowest BCUT2D eigenvalue weighted by Crippen LogP contribution is -2.32. The highest BCUT2D eigenvalue weighted by molar-refractivity contribution is 7.17. The monoisotopic (exact) mass is 439 g/mol. The van der Waals surface area contributed by atoms with Crippen LogP contribution in [0.3, 0.4) is 0 Å². The lowest BCUT2D eigenvalue weighted by Gasteiger charge is -2.18. The number of nitrogens with one attached hydrogen (secondary N) is 2. The molecule has 4 N–H and O–H groups in total. The van der Waals surface area contributed by atoms with Crippen LogP contribution < -0.4 is 16.4 Å². The van der Waals surface area contributed by atoms with Gasteiger partial charge in [0.1, 0.15) is 5.00 Å². The Hall–Kier alpha value is -2.48. The van der Waals surface area contributed by atoms with E-state index < -0.39 is 5.91 Å². The Morgan fingerprint density at radius 3 is 2.60 bits per heavy atom. The Balaban J connectivity index is 1.49. The molecule has 1 aliphatic carbocycles. The van der Waals surface area contributed by atoms with Crippen molar-refractivity contribution in [3.63, 3.8) is 0 Å². The van der Waals surface area contributed by atoms with Crippen molar-refractivity contribution in [2.75, 3.05) is 11.9 Å². The van der Waals surface area contributed by atoms with Gasteiger partial charge in [0.05, 0.1) is 18.2 Å². The average Bonchev–Trinajstić information content (AvgIpc) is 3.37. The molecular formula is C23H25N3O2S2. The van der Waals surface area contributed by atoms with Crippen molar-refractivity contribution >= 4 is 39.5 Å². The minimum Gasteiger partial charge on any atom is -0.365 e. The molecule has 2 heterocycles. The van der Waals surface area contributed by atoms with E-state index in [1.54, 1.807) is 11.3 Å². The summed E-state index contributed by atoms with van der Waals surface area (Å²) in [7, 11) is 0. The van der Waals surface area contributed by atoms with Gasteiger partial charge in [-0.25, -0.2) is 0 Å². The summed E-state index contributed by atoms with van der Waals surface area (Å²) in [6.45, 7) is 2.19. The molecule has 1 unspecified atom stereocenters. The molecule has 0 radical (unpaired) electrons. The molecule has 2 amide bonds. The van der Waals surface area contributed by atoms with Gasteiger partial charge in [-0.15, -0.1) is 22.7 Å². The zero-order valence-corrected chi connectivity index (χ0v) is 18.5. The molecule has 0 saturated carbocycles. The van der Waals surface area contributed by atoms with Gasteiger partial charge in [-0.3, -0.25) is 14.9 Å². The Morgan fingerprint density at radius 1 is 1.13 bits per heavy atom. The first-order chi connectivity index (χ1) is 14.5. The number of amides is 2. The first-order valence-corrected chi connectivity index (χ1v) is 11.8. The van der Waals surface area contributed by atoms with E-state index in [4.69, 9.17) is 5.73 Å². The summed E-state index contributed by atoms with van der Waals surface area (Å²) in [6, 6.07) is 12.3. The number of fused-ring (bicyclic) bond motifs is 1. The van der Waals surface area contributed by atoms with Crippen LogP contribution in [0.2, 0.25) is 0 Å². The van der Waals surface area contributed by atoms with Crippen LogP contribution in [-0.2, 0) is 17.6 Å². The predicted molar refractivity (Wildman–Crippen MR) is 123 cm³/mol. The molecule has 1 aliphatic rings. The second-order valence-corrected chi connectivity index (χ2v) is 9.65.